The molecule has 0 bridgehead atoms. The van der Waals surface area contributed by atoms with Crippen LogP contribution >= 0.6 is 0 Å². The normalized spacial score (nSPS) is 10.5. The van der Waals surface area contributed by atoms with Crippen LogP contribution in [0.5, 0.6) is 0 Å². The standard InChI is InChI=1S/C23H23N7O2/c1-15-9-19(5-7-26-15)29-21-14-27-22(11-18(21)12-24)30-23(32)28-13-16-3-2-4-17(10-16)20(25)6-8-31/h2-12,14,24-25,31H,13H2,1H3,(H,26,29)(H2,27,28,30,32)/b8-6-,24-12?,25-20?. The minimum absolute atomic E-state index is 0.165. The number of hydrogen-bond donors (Lipinski definition) is 6. The Hall–Kier alpha value is -4.53. The first-order valence-corrected chi connectivity index (χ1v) is 9.72. The van der Waals surface area contributed by atoms with Crippen molar-refractivity contribution in [3.63, 3.8) is 0 Å². The van der Waals surface area contributed by atoms with E-state index in [1.165, 1.54) is 12.3 Å². The van der Waals surface area contributed by atoms with E-state index >= 15 is 0 Å². The van der Waals surface area contributed by atoms with Gasteiger partial charge in [-0.1, -0.05) is 18.2 Å². The fourth-order valence-electron chi connectivity index (χ4n) is 2.90. The highest BCUT2D eigenvalue weighted by Gasteiger charge is 2.08. The molecule has 9 nitrogen and oxygen atoms in total. The zero-order valence-corrected chi connectivity index (χ0v) is 17.4. The molecule has 162 valence electrons. The van der Waals surface area contributed by atoms with Crippen molar-refractivity contribution >= 4 is 35.2 Å². The predicted molar refractivity (Wildman–Crippen MR) is 125 cm³/mol. The minimum atomic E-state index is -0.449. The van der Waals surface area contributed by atoms with Gasteiger partial charge in [0.25, 0.3) is 0 Å². The zero-order valence-electron chi connectivity index (χ0n) is 17.4. The average molecular weight is 429 g/mol. The number of urea groups is 1. The van der Waals surface area contributed by atoms with Crippen molar-refractivity contribution in [2.24, 2.45) is 0 Å². The molecule has 6 N–H and O–H groups in total. The van der Waals surface area contributed by atoms with Gasteiger partial charge in [0.15, 0.2) is 0 Å². The topological polar surface area (TPSA) is 147 Å². The number of nitrogens with zero attached hydrogens (tertiary/aromatic N) is 2. The Balaban J connectivity index is 1.62. The van der Waals surface area contributed by atoms with Gasteiger partial charge in [-0.05, 0) is 48.4 Å². The van der Waals surface area contributed by atoms with Crippen LogP contribution in [-0.2, 0) is 6.54 Å². The monoisotopic (exact) mass is 429 g/mol. The van der Waals surface area contributed by atoms with Crippen LogP contribution in [0.1, 0.15) is 22.4 Å². The lowest BCUT2D eigenvalue weighted by Gasteiger charge is -2.12. The summed E-state index contributed by atoms with van der Waals surface area (Å²) in [6.45, 7) is 2.13. The third-order valence-electron chi connectivity index (χ3n) is 4.44. The molecule has 1 aromatic carbocycles. The summed E-state index contributed by atoms with van der Waals surface area (Å²) in [6, 6.07) is 12.0. The Morgan fingerprint density at radius 2 is 2.03 bits per heavy atom. The number of carbonyl (C=O) groups excluding carboxylic acids is 1. The Kier molecular flexibility index (Phi) is 7.26. The van der Waals surface area contributed by atoms with Gasteiger partial charge in [0, 0.05) is 35.9 Å². The number of carbonyl (C=O) groups is 1. The largest absolute Gasteiger partial charge is 0.516 e. The summed E-state index contributed by atoms with van der Waals surface area (Å²) >= 11 is 0. The van der Waals surface area contributed by atoms with Crippen molar-refractivity contribution < 1.29 is 9.90 Å². The number of allylic oxidation sites excluding steroid dienone is 1. The Morgan fingerprint density at radius 3 is 2.78 bits per heavy atom. The van der Waals surface area contributed by atoms with Crippen LogP contribution in [0.4, 0.5) is 22.0 Å². The highest BCUT2D eigenvalue weighted by atomic mass is 16.2. The van der Waals surface area contributed by atoms with Crippen molar-refractivity contribution in [1.29, 1.82) is 10.8 Å². The van der Waals surface area contributed by atoms with Crippen molar-refractivity contribution in [3.05, 3.63) is 89.6 Å². The zero-order chi connectivity index (χ0) is 22.9. The van der Waals surface area contributed by atoms with Gasteiger partial charge in [-0.2, -0.15) is 0 Å². The van der Waals surface area contributed by atoms with Gasteiger partial charge < -0.3 is 26.6 Å². The van der Waals surface area contributed by atoms with E-state index in [9.17, 15) is 4.79 Å². The van der Waals surface area contributed by atoms with E-state index in [1.54, 1.807) is 36.7 Å². The van der Waals surface area contributed by atoms with E-state index < -0.39 is 6.03 Å². The average Bonchev–Trinajstić information content (AvgIpc) is 2.79. The summed E-state index contributed by atoms with van der Waals surface area (Å²) in [5.74, 6) is 0.307. The quantitative estimate of drug-likeness (QED) is 0.233. The smallest absolute Gasteiger partial charge is 0.320 e. The summed E-state index contributed by atoms with van der Waals surface area (Å²) < 4.78 is 0. The first kappa shape index (κ1) is 22.2. The summed E-state index contributed by atoms with van der Waals surface area (Å²) in [4.78, 5) is 20.7. The number of aryl methyl sites for hydroxylation is 1. The number of hydrogen-bond acceptors (Lipinski definition) is 7. The van der Waals surface area contributed by atoms with Crippen LogP contribution in [0, 0.1) is 17.7 Å². The van der Waals surface area contributed by atoms with Crippen molar-refractivity contribution in [2.75, 3.05) is 10.6 Å². The third kappa shape index (κ3) is 5.99. The molecule has 0 saturated heterocycles. The highest BCUT2D eigenvalue weighted by molar-refractivity contribution is 6.06. The van der Waals surface area contributed by atoms with Crippen LogP contribution in [0.25, 0.3) is 0 Å². The molecular weight excluding hydrogens is 406 g/mol. The molecule has 0 unspecified atom stereocenters. The van der Waals surface area contributed by atoms with Gasteiger partial charge in [-0.3, -0.25) is 10.3 Å². The van der Waals surface area contributed by atoms with E-state index in [-0.39, 0.29) is 12.3 Å². The molecule has 0 atom stereocenters. The van der Waals surface area contributed by atoms with Crippen LogP contribution in [0.15, 0.2) is 67.2 Å². The number of aliphatic hydroxyl groups is 1. The fourth-order valence-corrected chi connectivity index (χ4v) is 2.90. The van der Waals surface area contributed by atoms with E-state index in [1.807, 2.05) is 25.1 Å². The fraction of sp³-hybridized carbons (Fsp3) is 0.0870. The molecule has 0 aliphatic carbocycles. The maximum atomic E-state index is 12.3. The van der Waals surface area contributed by atoms with E-state index in [0.717, 1.165) is 23.2 Å². The molecule has 0 aliphatic heterocycles. The van der Waals surface area contributed by atoms with Crippen LogP contribution in [0.2, 0.25) is 0 Å². The van der Waals surface area contributed by atoms with Crippen molar-refractivity contribution in [2.45, 2.75) is 13.5 Å². The lowest BCUT2D eigenvalue weighted by atomic mass is 10.1. The number of pyridine rings is 2. The highest BCUT2D eigenvalue weighted by Crippen LogP contribution is 2.21. The maximum absolute atomic E-state index is 12.3. The Labute approximate surface area is 185 Å². The molecule has 0 aliphatic rings. The van der Waals surface area contributed by atoms with Crippen LogP contribution < -0.4 is 16.0 Å². The number of rotatable bonds is 8. The lowest BCUT2D eigenvalue weighted by molar-refractivity contribution is 0.251. The molecule has 0 saturated carbocycles. The molecule has 3 aromatic rings. The summed E-state index contributed by atoms with van der Waals surface area (Å²) in [5, 5.41) is 32.9. The Bertz CT molecular complexity index is 1170. The summed E-state index contributed by atoms with van der Waals surface area (Å²) in [6.07, 6.45) is 6.52. The molecule has 0 spiro atoms. The van der Waals surface area contributed by atoms with Gasteiger partial charge in [-0.25, -0.2) is 9.78 Å². The number of anilines is 3. The molecule has 2 amide bonds. The second-order valence-electron chi connectivity index (χ2n) is 6.85. The van der Waals surface area contributed by atoms with Crippen molar-refractivity contribution in [1.82, 2.24) is 15.3 Å². The van der Waals surface area contributed by atoms with E-state index in [0.29, 0.717) is 22.6 Å². The molecule has 0 radical (unpaired) electrons. The molecular formula is C23H23N7O2. The lowest BCUT2D eigenvalue weighted by Crippen LogP contribution is -2.28. The van der Waals surface area contributed by atoms with E-state index in [2.05, 4.69) is 25.9 Å². The minimum Gasteiger partial charge on any atom is -0.516 e. The van der Waals surface area contributed by atoms with Gasteiger partial charge in [0.2, 0.25) is 0 Å². The molecule has 3 rings (SSSR count). The molecule has 2 heterocycles. The van der Waals surface area contributed by atoms with Gasteiger partial charge in [0.1, 0.15) is 5.82 Å². The molecule has 32 heavy (non-hydrogen) atoms. The Morgan fingerprint density at radius 1 is 1.19 bits per heavy atom. The van der Waals surface area contributed by atoms with Crippen LogP contribution in [-0.4, -0.2) is 33.0 Å². The molecule has 9 heteroatoms. The number of nitrogens with one attached hydrogen (secondary N) is 5. The second kappa shape index (κ2) is 10.5. The number of amides is 2. The van der Waals surface area contributed by atoms with Gasteiger partial charge >= 0.3 is 6.03 Å². The maximum Gasteiger partial charge on any atom is 0.320 e. The first-order chi connectivity index (χ1) is 15.5. The first-order valence-electron chi connectivity index (χ1n) is 9.72. The van der Waals surface area contributed by atoms with E-state index in [4.69, 9.17) is 15.9 Å². The summed E-state index contributed by atoms with van der Waals surface area (Å²) in [7, 11) is 0. The number of benzene rings is 1. The van der Waals surface area contributed by atoms with Gasteiger partial charge in [0.05, 0.1) is 23.9 Å². The van der Waals surface area contributed by atoms with Crippen LogP contribution in [0.3, 0.4) is 0 Å². The summed E-state index contributed by atoms with van der Waals surface area (Å²) in [5.41, 5.74) is 4.47. The molecule has 0 fully saturated rings. The number of aliphatic hydroxyl groups excluding tert-OH is 1. The second-order valence-corrected chi connectivity index (χ2v) is 6.85. The molecule has 2 aromatic heterocycles. The third-order valence-corrected chi connectivity index (χ3v) is 4.44. The SMILES string of the molecule is Cc1cc(Nc2cnc(NC(=O)NCc3cccc(C(=N)/C=C\O)c3)cc2C=N)ccn1. The number of aromatic nitrogens is 2. The van der Waals surface area contributed by atoms with Gasteiger partial charge in [-0.15, -0.1) is 0 Å². The predicted octanol–water partition coefficient (Wildman–Crippen LogP) is 4.29. The van der Waals surface area contributed by atoms with Crippen molar-refractivity contribution in [3.8, 4) is 0 Å².